The lowest BCUT2D eigenvalue weighted by molar-refractivity contribution is -0.138. The van der Waals surface area contributed by atoms with E-state index in [4.69, 9.17) is 0 Å². The van der Waals surface area contributed by atoms with Gasteiger partial charge in [0.2, 0.25) is 0 Å². The molecule has 0 aliphatic carbocycles. The summed E-state index contributed by atoms with van der Waals surface area (Å²) in [4.78, 5) is 4.05. The minimum absolute atomic E-state index is 0.176. The molecule has 0 aliphatic heterocycles. The fraction of sp³-hybridized carbons (Fsp3) is 0.250. The van der Waals surface area contributed by atoms with Gasteiger partial charge in [-0.05, 0) is 11.6 Å². The lowest BCUT2D eigenvalue weighted by atomic mass is 10.1. The lowest BCUT2D eigenvalue weighted by Crippen LogP contribution is -2.17. The lowest BCUT2D eigenvalue weighted by Gasteiger charge is -2.12. The van der Waals surface area contributed by atoms with E-state index < -0.39 is 11.7 Å². The van der Waals surface area contributed by atoms with E-state index in [2.05, 4.69) is 10.3 Å². The van der Waals surface area contributed by atoms with Gasteiger partial charge in [0.1, 0.15) is 5.01 Å². The van der Waals surface area contributed by atoms with Gasteiger partial charge >= 0.3 is 6.18 Å². The SMILES string of the molecule is FC(F)(F)c1ccccc1CNCc1nccs1. The van der Waals surface area contributed by atoms with Crippen LogP contribution in [0.4, 0.5) is 13.2 Å². The van der Waals surface area contributed by atoms with Crippen molar-refractivity contribution in [3.05, 3.63) is 52.0 Å². The number of hydrogen-bond donors (Lipinski definition) is 1. The molecule has 1 N–H and O–H groups in total. The number of hydrogen-bond acceptors (Lipinski definition) is 3. The molecule has 0 aliphatic rings. The van der Waals surface area contributed by atoms with E-state index in [0.717, 1.165) is 11.1 Å². The first-order valence-electron chi connectivity index (χ1n) is 5.31. The maximum absolute atomic E-state index is 12.7. The summed E-state index contributed by atoms with van der Waals surface area (Å²) in [6.45, 7) is 0.652. The predicted octanol–water partition coefficient (Wildman–Crippen LogP) is 3.45. The molecule has 96 valence electrons. The van der Waals surface area contributed by atoms with Crippen LogP contribution in [0.2, 0.25) is 0 Å². The highest BCUT2D eigenvalue weighted by Crippen LogP contribution is 2.31. The van der Waals surface area contributed by atoms with Crippen molar-refractivity contribution in [3.63, 3.8) is 0 Å². The van der Waals surface area contributed by atoms with Gasteiger partial charge in [-0.1, -0.05) is 18.2 Å². The molecule has 1 aromatic heterocycles. The minimum atomic E-state index is -4.31. The van der Waals surface area contributed by atoms with Gasteiger partial charge in [-0.15, -0.1) is 11.3 Å². The fourth-order valence-corrected chi connectivity index (χ4v) is 2.18. The number of aromatic nitrogens is 1. The summed E-state index contributed by atoms with van der Waals surface area (Å²) in [5, 5.41) is 5.66. The summed E-state index contributed by atoms with van der Waals surface area (Å²) < 4.78 is 38.1. The molecule has 1 aromatic carbocycles. The zero-order valence-corrected chi connectivity index (χ0v) is 10.2. The van der Waals surface area contributed by atoms with Gasteiger partial charge in [0.05, 0.1) is 5.56 Å². The van der Waals surface area contributed by atoms with Gasteiger partial charge in [-0.3, -0.25) is 0 Å². The van der Waals surface area contributed by atoms with Crippen LogP contribution in [0.25, 0.3) is 0 Å². The summed E-state index contributed by atoms with van der Waals surface area (Å²) in [7, 11) is 0. The van der Waals surface area contributed by atoms with E-state index in [0.29, 0.717) is 6.54 Å². The third-order valence-electron chi connectivity index (χ3n) is 2.40. The molecule has 2 aromatic rings. The molecule has 0 saturated carbocycles. The summed E-state index contributed by atoms with van der Waals surface area (Å²) in [5.74, 6) is 0. The Bertz CT molecular complexity index is 494. The van der Waals surface area contributed by atoms with Crippen LogP contribution in [-0.4, -0.2) is 4.98 Å². The molecule has 0 spiro atoms. The normalized spacial score (nSPS) is 11.7. The predicted molar refractivity (Wildman–Crippen MR) is 64.1 cm³/mol. The smallest absolute Gasteiger partial charge is 0.306 e. The van der Waals surface area contributed by atoms with Crippen molar-refractivity contribution < 1.29 is 13.2 Å². The molecular weight excluding hydrogens is 261 g/mol. The van der Waals surface area contributed by atoms with Gasteiger partial charge in [-0.2, -0.15) is 13.2 Å². The maximum Gasteiger partial charge on any atom is 0.416 e. The number of thiazole rings is 1. The topological polar surface area (TPSA) is 24.9 Å². The molecule has 2 nitrogen and oxygen atoms in total. The molecule has 1 heterocycles. The Labute approximate surface area is 106 Å². The zero-order chi connectivity index (χ0) is 13.0. The molecule has 0 atom stereocenters. The molecule has 0 radical (unpaired) electrons. The van der Waals surface area contributed by atoms with Crippen LogP contribution in [0.1, 0.15) is 16.1 Å². The Hall–Kier alpha value is -1.40. The van der Waals surface area contributed by atoms with Crippen molar-refractivity contribution in [2.45, 2.75) is 19.3 Å². The van der Waals surface area contributed by atoms with Crippen LogP contribution in [0.5, 0.6) is 0 Å². The van der Waals surface area contributed by atoms with Gasteiger partial charge in [0.15, 0.2) is 0 Å². The van der Waals surface area contributed by atoms with Crippen molar-refractivity contribution in [1.82, 2.24) is 10.3 Å². The van der Waals surface area contributed by atoms with Crippen molar-refractivity contribution in [2.75, 3.05) is 0 Å². The standard InChI is InChI=1S/C12H11F3N2S/c13-12(14,15)10-4-2-1-3-9(10)7-16-8-11-17-5-6-18-11/h1-6,16H,7-8H2. The number of nitrogens with one attached hydrogen (secondary N) is 1. The first kappa shape index (κ1) is 13.0. The Balaban J connectivity index is 2.01. The van der Waals surface area contributed by atoms with Gasteiger partial charge in [-0.25, -0.2) is 4.98 Å². The number of benzene rings is 1. The highest BCUT2D eigenvalue weighted by Gasteiger charge is 2.32. The monoisotopic (exact) mass is 272 g/mol. The Morgan fingerprint density at radius 2 is 1.94 bits per heavy atom. The molecule has 0 unspecified atom stereocenters. The summed E-state index contributed by atoms with van der Waals surface area (Å²) in [6, 6.07) is 5.58. The van der Waals surface area contributed by atoms with E-state index in [-0.39, 0.29) is 12.1 Å². The molecule has 6 heteroatoms. The fourth-order valence-electron chi connectivity index (χ4n) is 1.60. The zero-order valence-electron chi connectivity index (χ0n) is 9.37. The Kier molecular flexibility index (Phi) is 3.98. The van der Waals surface area contributed by atoms with E-state index in [1.165, 1.54) is 23.5 Å². The number of alkyl halides is 3. The second-order valence-electron chi connectivity index (χ2n) is 3.68. The molecular formula is C12H11F3N2S. The molecule has 0 fully saturated rings. The molecule has 0 saturated heterocycles. The Morgan fingerprint density at radius 3 is 2.61 bits per heavy atom. The van der Waals surface area contributed by atoms with Crippen molar-refractivity contribution in [2.24, 2.45) is 0 Å². The van der Waals surface area contributed by atoms with Crippen LogP contribution in [0, 0.1) is 0 Å². The van der Waals surface area contributed by atoms with Gasteiger partial charge < -0.3 is 5.32 Å². The third-order valence-corrected chi connectivity index (χ3v) is 3.18. The second kappa shape index (κ2) is 5.49. The quantitative estimate of drug-likeness (QED) is 0.922. The summed E-state index contributed by atoms with van der Waals surface area (Å²) in [5.41, 5.74) is -0.335. The van der Waals surface area contributed by atoms with Crippen molar-refractivity contribution >= 4 is 11.3 Å². The molecule has 0 amide bonds. The Morgan fingerprint density at radius 1 is 1.17 bits per heavy atom. The van der Waals surface area contributed by atoms with Crippen molar-refractivity contribution in [1.29, 1.82) is 0 Å². The number of halogens is 3. The van der Waals surface area contributed by atoms with E-state index >= 15 is 0 Å². The van der Waals surface area contributed by atoms with Crippen LogP contribution >= 0.6 is 11.3 Å². The molecule has 2 rings (SSSR count). The summed E-state index contributed by atoms with van der Waals surface area (Å²) in [6.07, 6.45) is -2.63. The number of rotatable bonds is 4. The highest BCUT2D eigenvalue weighted by molar-refractivity contribution is 7.09. The molecule has 0 bridgehead atoms. The van der Waals surface area contributed by atoms with E-state index in [1.54, 1.807) is 12.3 Å². The van der Waals surface area contributed by atoms with Crippen LogP contribution in [0.15, 0.2) is 35.8 Å². The van der Waals surface area contributed by atoms with Crippen LogP contribution in [0.3, 0.4) is 0 Å². The van der Waals surface area contributed by atoms with E-state index in [1.807, 2.05) is 5.38 Å². The van der Waals surface area contributed by atoms with Crippen LogP contribution < -0.4 is 5.32 Å². The van der Waals surface area contributed by atoms with Gasteiger partial charge in [0, 0.05) is 24.7 Å². The van der Waals surface area contributed by atoms with E-state index in [9.17, 15) is 13.2 Å². The first-order chi connectivity index (χ1) is 8.57. The highest BCUT2D eigenvalue weighted by atomic mass is 32.1. The first-order valence-corrected chi connectivity index (χ1v) is 6.19. The summed E-state index contributed by atoms with van der Waals surface area (Å²) >= 11 is 1.47. The number of nitrogens with zero attached hydrogens (tertiary/aromatic N) is 1. The van der Waals surface area contributed by atoms with Gasteiger partial charge in [0.25, 0.3) is 0 Å². The second-order valence-corrected chi connectivity index (χ2v) is 4.66. The molecule has 18 heavy (non-hydrogen) atoms. The largest absolute Gasteiger partial charge is 0.416 e. The average Bonchev–Trinajstić information content (AvgIpc) is 2.81. The third kappa shape index (κ3) is 3.30. The maximum atomic E-state index is 12.7. The minimum Gasteiger partial charge on any atom is -0.306 e. The van der Waals surface area contributed by atoms with Crippen LogP contribution in [-0.2, 0) is 19.3 Å². The average molecular weight is 272 g/mol. The van der Waals surface area contributed by atoms with Crippen molar-refractivity contribution in [3.8, 4) is 0 Å².